The van der Waals surface area contributed by atoms with Gasteiger partial charge in [0.15, 0.2) is 13.2 Å². The van der Waals surface area contributed by atoms with Crippen LogP contribution in [0.2, 0.25) is 0 Å². The maximum Gasteiger partial charge on any atom is 0.276 e. The van der Waals surface area contributed by atoms with E-state index in [9.17, 15) is 9.59 Å². The third-order valence-corrected chi connectivity index (χ3v) is 4.65. The zero-order chi connectivity index (χ0) is 19.8. The third kappa shape index (κ3) is 7.22. The molecular weight excluding hydrogens is 480 g/mol. The molecule has 27 heavy (non-hydrogen) atoms. The Morgan fingerprint density at radius 3 is 2.07 bits per heavy atom. The Balaban J connectivity index is 1.71. The van der Waals surface area contributed by atoms with Crippen LogP contribution in [-0.4, -0.2) is 25.0 Å². The molecule has 0 radical (unpaired) electrons. The Morgan fingerprint density at radius 2 is 1.52 bits per heavy atom. The molecule has 2 aromatic carbocycles. The van der Waals surface area contributed by atoms with E-state index in [1.807, 2.05) is 12.1 Å². The predicted octanol–water partition coefficient (Wildman–Crippen LogP) is 3.94. The summed E-state index contributed by atoms with van der Waals surface area (Å²) in [5.41, 5.74) is 5.72. The molecule has 144 valence electrons. The number of carbonyl (C=O) groups excluding carboxylic acids is 2. The topological polar surface area (TPSA) is 76.7 Å². The van der Waals surface area contributed by atoms with Crippen molar-refractivity contribution < 1.29 is 19.1 Å². The van der Waals surface area contributed by atoms with Crippen LogP contribution in [0.25, 0.3) is 0 Å². The molecule has 6 nitrogen and oxygen atoms in total. The molecule has 0 aliphatic carbocycles. The van der Waals surface area contributed by atoms with E-state index in [0.29, 0.717) is 17.4 Å². The van der Waals surface area contributed by atoms with Gasteiger partial charge in [0.1, 0.15) is 11.5 Å². The summed E-state index contributed by atoms with van der Waals surface area (Å²) < 4.78 is 12.5. The number of ether oxygens (including phenoxy) is 2. The van der Waals surface area contributed by atoms with Gasteiger partial charge in [-0.25, -0.2) is 0 Å². The highest BCUT2D eigenvalue weighted by Crippen LogP contribution is 2.28. The van der Waals surface area contributed by atoms with E-state index < -0.39 is 11.8 Å². The number of nitrogens with one attached hydrogen (secondary N) is 2. The van der Waals surface area contributed by atoms with Crippen LogP contribution in [0.5, 0.6) is 11.5 Å². The zero-order valence-corrected chi connectivity index (χ0v) is 18.1. The van der Waals surface area contributed by atoms with Gasteiger partial charge in [0, 0.05) is 4.47 Å². The maximum atomic E-state index is 11.8. The van der Waals surface area contributed by atoms with Crippen LogP contribution in [0, 0.1) is 0 Å². The van der Waals surface area contributed by atoms with Crippen LogP contribution in [0.3, 0.4) is 0 Å². The van der Waals surface area contributed by atoms with Gasteiger partial charge in [0.2, 0.25) is 0 Å². The van der Waals surface area contributed by atoms with Gasteiger partial charge >= 0.3 is 0 Å². The lowest BCUT2D eigenvalue weighted by Gasteiger charge is -2.12. The summed E-state index contributed by atoms with van der Waals surface area (Å²) in [4.78, 5) is 23.5. The van der Waals surface area contributed by atoms with E-state index in [-0.39, 0.29) is 13.2 Å². The van der Waals surface area contributed by atoms with Gasteiger partial charge in [-0.05, 0) is 63.8 Å². The van der Waals surface area contributed by atoms with E-state index >= 15 is 0 Å². The number of hydrazine groups is 1. The summed E-state index contributed by atoms with van der Waals surface area (Å²) in [6, 6.07) is 12.8. The first-order chi connectivity index (χ1) is 12.8. The quantitative estimate of drug-likeness (QED) is 0.565. The molecule has 0 unspecified atom stereocenters. The van der Waals surface area contributed by atoms with Crippen molar-refractivity contribution in [3.8, 4) is 11.5 Å². The number of carbonyl (C=O) groups is 2. The van der Waals surface area contributed by atoms with Gasteiger partial charge in [-0.15, -0.1) is 0 Å². The SMILES string of the molecule is CC(C)c1ccc(OCC(=O)NNC(=O)COc2ccc(Br)cc2)c(Br)c1. The largest absolute Gasteiger partial charge is 0.484 e. The standard InChI is InChI=1S/C19H20Br2N2O4/c1-12(2)13-3-8-17(16(21)9-13)27-11-19(25)23-22-18(24)10-26-15-6-4-14(20)5-7-15/h3-9,12H,10-11H2,1-2H3,(H,22,24)(H,23,25). The smallest absolute Gasteiger partial charge is 0.276 e. The molecule has 0 aliphatic heterocycles. The fourth-order valence-corrected chi connectivity index (χ4v) is 2.80. The Morgan fingerprint density at radius 1 is 0.926 bits per heavy atom. The Hall–Kier alpha value is -2.06. The number of halogens is 2. The minimum atomic E-state index is -0.480. The van der Waals surface area contributed by atoms with Gasteiger partial charge in [-0.3, -0.25) is 20.4 Å². The summed E-state index contributed by atoms with van der Waals surface area (Å²) >= 11 is 6.74. The van der Waals surface area contributed by atoms with Crippen LogP contribution in [0.15, 0.2) is 51.4 Å². The van der Waals surface area contributed by atoms with Gasteiger partial charge in [-0.2, -0.15) is 0 Å². The molecule has 0 atom stereocenters. The second kappa shape index (κ2) is 10.3. The summed E-state index contributed by atoms with van der Waals surface area (Å²) in [5.74, 6) is 0.547. The molecule has 8 heteroatoms. The van der Waals surface area contributed by atoms with E-state index in [0.717, 1.165) is 14.5 Å². The lowest BCUT2D eigenvalue weighted by atomic mass is 10.0. The lowest BCUT2D eigenvalue weighted by Crippen LogP contribution is -2.45. The Labute approximate surface area is 174 Å². The van der Waals surface area contributed by atoms with Crippen molar-refractivity contribution in [1.82, 2.24) is 10.9 Å². The Kier molecular flexibility index (Phi) is 8.12. The second-order valence-corrected chi connectivity index (χ2v) is 7.74. The van der Waals surface area contributed by atoms with E-state index in [1.54, 1.807) is 30.3 Å². The van der Waals surface area contributed by atoms with Crippen LogP contribution in [0.1, 0.15) is 25.3 Å². The van der Waals surface area contributed by atoms with Crippen LogP contribution >= 0.6 is 31.9 Å². The molecule has 0 spiro atoms. The molecule has 0 aliphatic rings. The molecule has 0 bridgehead atoms. The Bertz CT molecular complexity index is 795. The average Bonchev–Trinajstić information content (AvgIpc) is 2.64. The predicted molar refractivity (Wildman–Crippen MR) is 110 cm³/mol. The molecule has 2 rings (SSSR count). The van der Waals surface area contributed by atoms with Crippen molar-refractivity contribution in [2.45, 2.75) is 19.8 Å². The van der Waals surface area contributed by atoms with Crippen LogP contribution < -0.4 is 20.3 Å². The van der Waals surface area contributed by atoms with Crippen molar-refractivity contribution >= 4 is 43.7 Å². The van der Waals surface area contributed by atoms with Crippen molar-refractivity contribution in [2.24, 2.45) is 0 Å². The molecule has 0 heterocycles. The highest BCUT2D eigenvalue weighted by atomic mass is 79.9. The third-order valence-electron chi connectivity index (χ3n) is 3.51. The summed E-state index contributed by atoms with van der Waals surface area (Å²) in [6.45, 7) is 3.75. The molecular formula is C19H20Br2N2O4. The molecule has 0 fully saturated rings. The molecule has 2 N–H and O–H groups in total. The lowest BCUT2D eigenvalue weighted by molar-refractivity contribution is -0.131. The number of rotatable bonds is 7. The highest BCUT2D eigenvalue weighted by Gasteiger charge is 2.09. The first-order valence-corrected chi connectivity index (χ1v) is 9.82. The van der Waals surface area contributed by atoms with Crippen molar-refractivity contribution in [3.63, 3.8) is 0 Å². The van der Waals surface area contributed by atoms with Crippen molar-refractivity contribution in [1.29, 1.82) is 0 Å². The van der Waals surface area contributed by atoms with Crippen molar-refractivity contribution in [3.05, 3.63) is 57.0 Å². The van der Waals surface area contributed by atoms with Crippen molar-refractivity contribution in [2.75, 3.05) is 13.2 Å². The molecule has 2 aromatic rings. The summed E-state index contributed by atoms with van der Waals surface area (Å²) in [7, 11) is 0. The first kappa shape index (κ1) is 21.2. The van der Waals surface area contributed by atoms with Gasteiger partial charge in [0.05, 0.1) is 4.47 Å². The minimum Gasteiger partial charge on any atom is -0.484 e. The molecule has 0 saturated carbocycles. The van der Waals surface area contributed by atoms with Crippen LogP contribution in [-0.2, 0) is 9.59 Å². The van der Waals surface area contributed by atoms with E-state index in [4.69, 9.17) is 9.47 Å². The van der Waals surface area contributed by atoms with E-state index in [1.165, 1.54) is 0 Å². The molecule has 0 saturated heterocycles. The number of hydrogen-bond donors (Lipinski definition) is 2. The number of benzene rings is 2. The monoisotopic (exact) mass is 498 g/mol. The second-order valence-electron chi connectivity index (χ2n) is 5.97. The van der Waals surface area contributed by atoms with Gasteiger partial charge in [-0.1, -0.05) is 35.8 Å². The molecule has 0 aromatic heterocycles. The fraction of sp³-hybridized carbons (Fsp3) is 0.263. The molecule has 2 amide bonds. The van der Waals surface area contributed by atoms with Gasteiger partial charge < -0.3 is 9.47 Å². The highest BCUT2D eigenvalue weighted by molar-refractivity contribution is 9.10. The van der Waals surface area contributed by atoms with E-state index in [2.05, 4.69) is 56.6 Å². The maximum absolute atomic E-state index is 11.8. The average molecular weight is 500 g/mol. The van der Waals surface area contributed by atoms with Gasteiger partial charge in [0.25, 0.3) is 11.8 Å². The summed E-state index contributed by atoms with van der Waals surface area (Å²) in [6.07, 6.45) is 0. The van der Waals surface area contributed by atoms with Crippen LogP contribution in [0.4, 0.5) is 0 Å². The fourth-order valence-electron chi connectivity index (χ4n) is 2.03. The normalized spacial score (nSPS) is 10.4. The first-order valence-electron chi connectivity index (χ1n) is 8.23. The number of hydrogen-bond acceptors (Lipinski definition) is 4. The zero-order valence-electron chi connectivity index (χ0n) is 14.9. The summed E-state index contributed by atoms with van der Waals surface area (Å²) in [5, 5.41) is 0. The minimum absolute atomic E-state index is 0.217. The number of amides is 2.